The maximum atomic E-state index is 12.8. The highest BCUT2D eigenvalue weighted by Gasteiger charge is 2.37. The van der Waals surface area contributed by atoms with E-state index in [2.05, 4.69) is 11.9 Å². The highest BCUT2D eigenvalue weighted by atomic mass is 16.5. The van der Waals surface area contributed by atoms with Crippen LogP contribution < -0.4 is 20.5 Å². The van der Waals surface area contributed by atoms with Gasteiger partial charge in [0.15, 0.2) is 0 Å². The van der Waals surface area contributed by atoms with E-state index in [9.17, 15) is 14.4 Å². The number of aromatic nitrogens is 1. The molecular weight excluding hydrogens is 358 g/mol. The van der Waals surface area contributed by atoms with E-state index in [1.54, 1.807) is 48.5 Å². The number of aryl methyl sites for hydroxylation is 1. The zero-order valence-electron chi connectivity index (χ0n) is 16.2. The quantitative estimate of drug-likeness (QED) is 0.826. The fraction of sp³-hybridized carbons (Fsp3) is 0.286. The average Bonchev–Trinajstić information content (AvgIpc) is 2.74. The molecule has 1 N–H and O–H groups in total. The molecule has 1 aliphatic rings. The van der Waals surface area contributed by atoms with Crippen LogP contribution in [0.5, 0.6) is 5.75 Å². The first-order chi connectivity index (χ1) is 13.2. The summed E-state index contributed by atoms with van der Waals surface area (Å²) >= 11 is 0. The van der Waals surface area contributed by atoms with E-state index in [0.717, 1.165) is 0 Å². The largest absolute Gasteiger partial charge is 0.490 e. The van der Waals surface area contributed by atoms with Crippen molar-refractivity contribution in [2.75, 3.05) is 23.4 Å². The number of amides is 2. The molecule has 0 saturated heterocycles. The Bertz CT molecular complexity index is 1010. The standard InChI is InChI=1S/C21H23N3O4/c1-5-10-24-16-9-8-14(12-17(16)28-13-21(2,3)20(24)27)22-18(25)15-7-6-11-23(4)19(15)26/h5-9,11-12H,1,10,13H2,2-4H3,(H,22,25). The molecule has 1 aromatic heterocycles. The van der Waals surface area contributed by atoms with Crippen molar-refractivity contribution in [2.24, 2.45) is 12.5 Å². The summed E-state index contributed by atoms with van der Waals surface area (Å²) in [5, 5.41) is 2.72. The molecule has 0 radical (unpaired) electrons. The number of anilines is 2. The van der Waals surface area contributed by atoms with E-state index in [1.165, 1.54) is 10.6 Å². The summed E-state index contributed by atoms with van der Waals surface area (Å²) in [5.74, 6) is -0.0793. The van der Waals surface area contributed by atoms with Crippen LogP contribution in [0.4, 0.5) is 11.4 Å². The Morgan fingerprint density at radius 2 is 2.07 bits per heavy atom. The van der Waals surface area contributed by atoms with Crippen molar-refractivity contribution < 1.29 is 14.3 Å². The number of fused-ring (bicyclic) bond motifs is 1. The van der Waals surface area contributed by atoms with Crippen LogP contribution in [0.3, 0.4) is 0 Å². The lowest BCUT2D eigenvalue weighted by atomic mass is 9.93. The molecule has 7 heteroatoms. The summed E-state index contributed by atoms with van der Waals surface area (Å²) in [4.78, 5) is 39.1. The van der Waals surface area contributed by atoms with Crippen molar-refractivity contribution in [2.45, 2.75) is 13.8 Å². The van der Waals surface area contributed by atoms with Gasteiger partial charge in [-0.1, -0.05) is 6.08 Å². The van der Waals surface area contributed by atoms with Crippen molar-refractivity contribution in [1.82, 2.24) is 4.57 Å². The lowest BCUT2D eigenvalue weighted by molar-refractivity contribution is -0.127. The third-order valence-corrected chi connectivity index (χ3v) is 4.60. The monoisotopic (exact) mass is 381 g/mol. The van der Waals surface area contributed by atoms with Crippen LogP contribution in [-0.2, 0) is 11.8 Å². The summed E-state index contributed by atoms with van der Waals surface area (Å²) < 4.78 is 7.21. The van der Waals surface area contributed by atoms with Crippen molar-refractivity contribution in [1.29, 1.82) is 0 Å². The predicted octanol–water partition coefficient (Wildman–Crippen LogP) is 2.58. The lowest BCUT2D eigenvalue weighted by Crippen LogP contribution is -2.42. The number of ether oxygens (including phenoxy) is 1. The summed E-state index contributed by atoms with van der Waals surface area (Å²) in [7, 11) is 1.59. The van der Waals surface area contributed by atoms with Crippen LogP contribution >= 0.6 is 0 Å². The first-order valence-corrected chi connectivity index (χ1v) is 8.91. The molecule has 1 aromatic carbocycles. The van der Waals surface area contributed by atoms with Crippen molar-refractivity contribution >= 4 is 23.2 Å². The van der Waals surface area contributed by atoms with Crippen LogP contribution in [-0.4, -0.2) is 29.5 Å². The van der Waals surface area contributed by atoms with Gasteiger partial charge in [0, 0.05) is 31.5 Å². The summed E-state index contributed by atoms with van der Waals surface area (Å²) in [6.45, 7) is 7.94. The maximum Gasteiger partial charge on any atom is 0.263 e. The lowest BCUT2D eigenvalue weighted by Gasteiger charge is -2.27. The number of benzene rings is 1. The van der Waals surface area contributed by atoms with E-state index in [0.29, 0.717) is 23.7 Å². The Morgan fingerprint density at radius 1 is 1.32 bits per heavy atom. The minimum atomic E-state index is -0.693. The van der Waals surface area contributed by atoms with Gasteiger partial charge in [0.05, 0.1) is 11.1 Å². The molecule has 2 heterocycles. The summed E-state index contributed by atoms with van der Waals surface area (Å²) in [5.41, 5.74) is 0.0623. The number of nitrogens with one attached hydrogen (secondary N) is 1. The second-order valence-electron chi connectivity index (χ2n) is 7.35. The molecule has 0 unspecified atom stereocenters. The fourth-order valence-electron chi connectivity index (χ4n) is 3.00. The molecule has 0 fully saturated rings. The summed E-state index contributed by atoms with van der Waals surface area (Å²) in [6, 6.07) is 8.17. The van der Waals surface area contributed by atoms with E-state index in [1.807, 2.05) is 13.8 Å². The molecule has 0 atom stereocenters. The van der Waals surface area contributed by atoms with E-state index in [-0.39, 0.29) is 23.6 Å². The first-order valence-electron chi connectivity index (χ1n) is 8.91. The van der Waals surface area contributed by atoms with Crippen molar-refractivity contribution in [3.05, 3.63) is 65.1 Å². The maximum absolute atomic E-state index is 12.8. The molecule has 0 bridgehead atoms. The second kappa shape index (κ2) is 7.34. The fourth-order valence-corrected chi connectivity index (χ4v) is 3.00. The van der Waals surface area contributed by atoms with Gasteiger partial charge in [0.25, 0.3) is 11.5 Å². The molecule has 28 heavy (non-hydrogen) atoms. The average molecular weight is 381 g/mol. The van der Waals surface area contributed by atoms with Gasteiger partial charge in [-0.3, -0.25) is 14.4 Å². The molecule has 7 nitrogen and oxygen atoms in total. The van der Waals surface area contributed by atoms with Crippen LogP contribution in [0.2, 0.25) is 0 Å². The smallest absolute Gasteiger partial charge is 0.263 e. The molecule has 0 aliphatic carbocycles. The molecule has 2 aromatic rings. The van der Waals surface area contributed by atoms with Gasteiger partial charge < -0.3 is 19.5 Å². The number of hydrogen-bond acceptors (Lipinski definition) is 4. The molecule has 2 amide bonds. The zero-order chi connectivity index (χ0) is 20.5. The Balaban J connectivity index is 1.93. The van der Waals surface area contributed by atoms with Crippen molar-refractivity contribution in [3.8, 4) is 5.75 Å². The highest BCUT2D eigenvalue weighted by molar-refractivity contribution is 6.05. The predicted molar refractivity (Wildman–Crippen MR) is 108 cm³/mol. The van der Waals surface area contributed by atoms with Gasteiger partial charge in [-0.05, 0) is 38.1 Å². The third kappa shape index (κ3) is 3.55. The van der Waals surface area contributed by atoms with E-state index in [4.69, 9.17) is 4.74 Å². The SMILES string of the molecule is C=CCN1C(=O)C(C)(C)COc2cc(NC(=O)c3cccn(C)c3=O)ccc21. The minimum absolute atomic E-state index is 0.0467. The Morgan fingerprint density at radius 3 is 2.79 bits per heavy atom. The van der Waals surface area contributed by atoms with Gasteiger partial charge in [0.1, 0.15) is 17.9 Å². The van der Waals surface area contributed by atoms with Gasteiger partial charge in [-0.2, -0.15) is 0 Å². The highest BCUT2D eigenvalue weighted by Crippen LogP contribution is 2.38. The minimum Gasteiger partial charge on any atom is -0.490 e. The Kier molecular flexibility index (Phi) is 5.09. The Hall–Kier alpha value is -3.35. The van der Waals surface area contributed by atoms with E-state index >= 15 is 0 Å². The number of carbonyl (C=O) groups excluding carboxylic acids is 2. The first kappa shape index (κ1) is 19.4. The molecular formula is C21H23N3O4. The molecule has 146 valence electrons. The molecule has 3 rings (SSSR count). The zero-order valence-corrected chi connectivity index (χ0v) is 16.2. The van der Waals surface area contributed by atoms with Gasteiger partial charge in [-0.15, -0.1) is 6.58 Å². The molecule has 0 saturated carbocycles. The number of rotatable bonds is 4. The van der Waals surface area contributed by atoms with Crippen molar-refractivity contribution in [3.63, 3.8) is 0 Å². The van der Waals surface area contributed by atoms with Crippen LogP contribution in [0.1, 0.15) is 24.2 Å². The number of carbonyl (C=O) groups is 2. The number of pyridine rings is 1. The normalized spacial score (nSPS) is 15.2. The molecule has 0 spiro atoms. The van der Waals surface area contributed by atoms with Gasteiger partial charge in [0.2, 0.25) is 5.91 Å². The van der Waals surface area contributed by atoms with E-state index < -0.39 is 11.3 Å². The number of nitrogens with zero attached hydrogens (tertiary/aromatic N) is 2. The summed E-state index contributed by atoms with van der Waals surface area (Å²) in [6.07, 6.45) is 3.24. The number of hydrogen-bond donors (Lipinski definition) is 1. The van der Waals surface area contributed by atoms with Crippen LogP contribution in [0, 0.1) is 5.41 Å². The van der Waals surface area contributed by atoms with Gasteiger partial charge >= 0.3 is 0 Å². The van der Waals surface area contributed by atoms with Gasteiger partial charge in [-0.25, -0.2) is 0 Å². The third-order valence-electron chi connectivity index (χ3n) is 4.60. The second-order valence-corrected chi connectivity index (χ2v) is 7.35. The van der Waals surface area contributed by atoms with Crippen LogP contribution in [0.15, 0.2) is 54.0 Å². The molecule has 1 aliphatic heterocycles. The van der Waals surface area contributed by atoms with Crippen LogP contribution in [0.25, 0.3) is 0 Å². The topological polar surface area (TPSA) is 80.6 Å². The Labute approximate surface area is 163 Å².